The van der Waals surface area contributed by atoms with Gasteiger partial charge in [-0.05, 0) is 32.3 Å². The van der Waals surface area contributed by atoms with Gasteiger partial charge in [-0.2, -0.15) is 0 Å². The Balaban J connectivity index is 2.22. The van der Waals surface area contributed by atoms with Gasteiger partial charge in [-0.25, -0.2) is 15.8 Å². The zero-order valence-corrected chi connectivity index (χ0v) is 10.9. The van der Waals surface area contributed by atoms with Crippen LogP contribution in [-0.2, 0) is 0 Å². The molecule has 3 N–H and O–H groups in total. The van der Waals surface area contributed by atoms with Gasteiger partial charge in [0, 0.05) is 10.8 Å². The van der Waals surface area contributed by atoms with Crippen LogP contribution in [0, 0.1) is 13.8 Å². The van der Waals surface area contributed by atoms with Crippen LogP contribution in [0.5, 0.6) is 0 Å². The molecule has 0 radical (unpaired) electrons. The molecule has 1 saturated carbocycles. The number of fused-ring (bicyclic) bond motifs is 1. The predicted molar refractivity (Wildman–Crippen MR) is 71.3 cm³/mol. The van der Waals surface area contributed by atoms with Gasteiger partial charge in [0.25, 0.3) is 0 Å². The number of rotatable bonds is 2. The van der Waals surface area contributed by atoms with Crippen LogP contribution in [-0.4, -0.2) is 9.97 Å². The maximum atomic E-state index is 5.59. The molecule has 17 heavy (non-hydrogen) atoms. The van der Waals surface area contributed by atoms with E-state index in [1.165, 1.54) is 29.7 Å². The molecule has 90 valence electrons. The largest absolute Gasteiger partial charge is 0.308 e. The van der Waals surface area contributed by atoms with Crippen molar-refractivity contribution < 1.29 is 0 Å². The monoisotopic (exact) mass is 248 g/mol. The summed E-state index contributed by atoms with van der Waals surface area (Å²) in [6.07, 6.45) is 3.71. The number of aryl methyl sites for hydroxylation is 2. The summed E-state index contributed by atoms with van der Waals surface area (Å²) in [6, 6.07) is 0. The van der Waals surface area contributed by atoms with Gasteiger partial charge in [0.2, 0.25) is 0 Å². The lowest BCUT2D eigenvalue weighted by molar-refractivity contribution is 0.403. The van der Waals surface area contributed by atoms with E-state index in [1.54, 1.807) is 11.3 Å². The Morgan fingerprint density at radius 3 is 2.65 bits per heavy atom. The molecule has 0 aromatic carbocycles. The number of hydrazine groups is 1. The summed E-state index contributed by atoms with van der Waals surface area (Å²) in [5.74, 6) is 7.86. The quantitative estimate of drug-likeness (QED) is 0.633. The third-order valence-electron chi connectivity index (χ3n) is 3.65. The van der Waals surface area contributed by atoms with Crippen molar-refractivity contribution in [3.05, 3.63) is 16.3 Å². The minimum Gasteiger partial charge on any atom is -0.308 e. The first kappa shape index (κ1) is 10.9. The molecule has 0 saturated heterocycles. The molecule has 1 aliphatic rings. The van der Waals surface area contributed by atoms with E-state index in [9.17, 15) is 0 Å². The number of hydrogen-bond acceptors (Lipinski definition) is 5. The highest BCUT2D eigenvalue weighted by atomic mass is 32.1. The fraction of sp³-hybridized carbons (Fsp3) is 0.500. The van der Waals surface area contributed by atoms with Gasteiger partial charge in [-0.15, -0.1) is 11.3 Å². The first-order valence-corrected chi connectivity index (χ1v) is 6.76. The Kier molecular flexibility index (Phi) is 2.52. The van der Waals surface area contributed by atoms with Crippen molar-refractivity contribution in [1.29, 1.82) is 0 Å². The predicted octanol–water partition coefficient (Wildman–Crippen LogP) is 2.86. The third kappa shape index (κ3) is 1.61. The second kappa shape index (κ2) is 3.92. The summed E-state index contributed by atoms with van der Waals surface area (Å²) >= 11 is 1.73. The summed E-state index contributed by atoms with van der Waals surface area (Å²) in [5, 5.41) is 1.08. The van der Waals surface area contributed by atoms with Crippen LogP contribution in [0.1, 0.15) is 41.4 Å². The molecule has 1 aliphatic carbocycles. The molecule has 2 aromatic heterocycles. The summed E-state index contributed by atoms with van der Waals surface area (Å²) in [5.41, 5.74) is 3.96. The Labute approximate surface area is 104 Å². The second-order valence-electron chi connectivity index (χ2n) is 4.67. The van der Waals surface area contributed by atoms with Crippen LogP contribution >= 0.6 is 11.3 Å². The van der Waals surface area contributed by atoms with E-state index >= 15 is 0 Å². The molecule has 1 fully saturated rings. The fourth-order valence-electron chi connectivity index (χ4n) is 2.22. The number of nitrogens with two attached hydrogens (primary N) is 1. The Morgan fingerprint density at radius 1 is 1.29 bits per heavy atom. The molecule has 0 aliphatic heterocycles. The summed E-state index contributed by atoms with van der Waals surface area (Å²) < 4.78 is 0. The molecule has 3 rings (SSSR count). The van der Waals surface area contributed by atoms with Gasteiger partial charge >= 0.3 is 0 Å². The third-order valence-corrected chi connectivity index (χ3v) is 4.75. The van der Waals surface area contributed by atoms with E-state index in [0.29, 0.717) is 5.92 Å². The lowest BCUT2D eigenvalue weighted by Gasteiger charge is -2.24. The van der Waals surface area contributed by atoms with E-state index in [0.717, 1.165) is 21.9 Å². The smallest absolute Gasteiger partial charge is 0.152 e. The number of nitrogen functional groups attached to an aromatic ring is 1. The molecule has 0 atom stereocenters. The number of nitrogens with zero attached hydrogens (tertiary/aromatic N) is 2. The average molecular weight is 248 g/mol. The summed E-state index contributed by atoms with van der Waals surface area (Å²) in [6.45, 7) is 4.21. The van der Waals surface area contributed by atoms with Gasteiger partial charge in [0.1, 0.15) is 10.7 Å². The van der Waals surface area contributed by atoms with E-state index < -0.39 is 0 Å². The van der Waals surface area contributed by atoms with E-state index in [1.807, 2.05) is 0 Å². The highest BCUT2D eigenvalue weighted by Gasteiger charge is 2.24. The highest BCUT2D eigenvalue weighted by Crippen LogP contribution is 2.38. The van der Waals surface area contributed by atoms with Crippen molar-refractivity contribution in [3.8, 4) is 0 Å². The van der Waals surface area contributed by atoms with E-state index in [-0.39, 0.29) is 0 Å². The van der Waals surface area contributed by atoms with Gasteiger partial charge in [-0.3, -0.25) is 0 Å². The number of aromatic nitrogens is 2. The van der Waals surface area contributed by atoms with Gasteiger partial charge in [0.15, 0.2) is 5.82 Å². The Hall–Kier alpha value is -1.20. The Morgan fingerprint density at radius 2 is 2.06 bits per heavy atom. The lowest BCUT2D eigenvalue weighted by Crippen LogP contribution is -2.16. The minimum absolute atomic E-state index is 0.536. The first-order valence-electron chi connectivity index (χ1n) is 5.95. The average Bonchev–Trinajstić information content (AvgIpc) is 2.51. The number of hydrogen-bond donors (Lipinski definition) is 2. The second-order valence-corrected chi connectivity index (χ2v) is 5.87. The van der Waals surface area contributed by atoms with Crippen LogP contribution in [0.4, 0.5) is 5.82 Å². The van der Waals surface area contributed by atoms with Crippen LogP contribution in [0.15, 0.2) is 0 Å². The zero-order valence-electron chi connectivity index (χ0n) is 10.1. The molecule has 2 heterocycles. The molecular formula is C12H16N4S. The first-order chi connectivity index (χ1) is 8.20. The molecular weight excluding hydrogens is 232 g/mol. The standard InChI is InChI=1S/C12H16N4S/c1-6-7(2)17-12-9(6)11(16-13)14-10(15-12)8-4-3-5-8/h8H,3-5,13H2,1-2H3,(H,14,15,16). The van der Waals surface area contributed by atoms with Crippen molar-refractivity contribution in [1.82, 2.24) is 9.97 Å². The molecule has 4 nitrogen and oxygen atoms in total. The van der Waals surface area contributed by atoms with Crippen LogP contribution in [0.3, 0.4) is 0 Å². The van der Waals surface area contributed by atoms with Gasteiger partial charge in [0.05, 0.1) is 5.39 Å². The van der Waals surface area contributed by atoms with Crippen molar-refractivity contribution in [2.45, 2.75) is 39.0 Å². The summed E-state index contributed by atoms with van der Waals surface area (Å²) in [7, 11) is 0. The maximum Gasteiger partial charge on any atom is 0.152 e. The Bertz CT molecular complexity index is 571. The highest BCUT2D eigenvalue weighted by molar-refractivity contribution is 7.18. The molecule has 2 aromatic rings. The van der Waals surface area contributed by atoms with E-state index in [4.69, 9.17) is 10.8 Å². The van der Waals surface area contributed by atoms with Crippen LogP contribution in [0.2, 0.25) is 0 Å². The number of thiophene rings is 1. The van der Waals surface area contributed by atoms with Crippen LogP contribution in [0.25, 0.3) is 10.2 Å². The lowest BCUT2D eigenvalue weighted by atomic mass is 9.85. The number of anilines is 1. The summed E-state index contributed by atoms with van der Waals surface area (Å²) in [4.78, 5) is 11.6. The van der Waals surface area contributed by atoms with Gasteiger partial charge < -0.3 is 5.43 Å². The van der Waals surface area contributed by atoms with Crippen molar-refractivity contribution in [2.24, 2.45) is 5.84 Å². The van der Waals surface area contributed by atoms with Crippen LogP contribution < -0.4 is 11.3 Å². The van der Waals surface area contributed by atoms with Crippen molar-refractivity contribution >= 4 is 27.4 Å². The molecule has 0 amide bonds. The minimum atomic E-state index is 0.536. The van der Waals surface area contributed by atoms with Gasteiger partial charge in [-0.1, -0.05) is 6.42 Å². The van der Waals surface area contributed by atoms with E-state index in [2.05, 4.69) is 24.3 Å². The maximum absolute atomic E-state index is 5.59. The molecule has 0 unspecified atom stereocenters. The van der Waals surface area contributed by atoms with Crippen molar-refractivity contribution in [3.63, 3.8) is 0 Å². The number of nitrogens with one attached hydrogen (secondary N) is 1. The fourth-order valence-corrected chi connectivity index (χ4v) is 3.26. The van der Waals surface area contributed by atoms with Crippen molar-refractivity contribution in [2.75, 3.05) is 5.43 Å². The SMILES string of the molecule is Cc1sc2nc(C3CCC3)nc(NN)c2c1C. The zero-order chi connectivity index (χ0) is 12.0. The molecule has 5 heteroatoms. The molecule has 0 bridgehead atoms. The topological polar surface area (TPSA) is 63.8 Å². The molecule has 0 spiro atoms. The normalized spacial score (nSPS) is 16.2.